The zero-order valence-corrected chi connectivity index (χ0v) is 9.82. The first-order chi connectivity index (χ1) is 6.70. The molecule has 0 amide bonds. The van der Waals surface area contributed by atoms with Gasteiger partial charge in [-0.05, 0) is 25.7 Å². The van der Waals surface area contributed by atoms with Crippen LogP contribution in [0.3, 0.4) is 0 Å². The van der Waals surface area contributed by atoms with Crippen molar-refractivity contribution >= 4 is 11.6 Å². The van der Waals surface area contributed by atoms with Gasteiger partial charge in [0.15, 0.2) is 0 Å². The molecule has 0 spiro atoms. The Bertz CT molecular complexity index is 267. The van der Waals surface area contributed by atoms with Crippen LogP contribution in [0.15, 0.2) is 10.6 Å². The SMILES string of the molecule is CCC(C#N)=C(Cl)C1(CC)CCCC1. The summed E-state index contributed by atoms with van der Waals surface area (Å²) in [4.78, 5) is 0. The first-order valence-corrected chi connectivity index (χ1v) is 5.87. The van der Waals surface area contributed by atoms with Gasteiger partial charge in [-0.25, -0.2) is 0 Å². The molecule has 1 fully saturated rings. The standard InChI is InChI=1S/C12H18ClN/c1-3-10(9-14)11(13)12(4-2)7-5-6-8-12/h3-8H2,1-2H3. The van der Waals surface area contributed by atoms with Gasteiger partial charge in [-0.15, -0.1) is 0 Å². The Morgan fingerprint density at radius 2 is 1.93 bits per heavy atom. The third-order valence-corrected chi connectivity index (χ3v) is 4.09. The van der Waals surface area contributed by atoms with Gasteiger partial charge in [-0.1, -0.05) is 38.3 Å². The van der Waals surface area contributed by atoms with Crippen molar-refractivity contribution in [1.82, 2.24) is 0 Å². The lowest BCUT2D eigenvalue weighted by atomic mass is 9.81. The Morgan fingerprint density at radius 3 is 2.29 bits per heavy atom. The minimum Gasteiger partial charge on any atom is -0.193 e. The molecule has 0 aliphatic heterocycles. The third-order valence-electron chi connectivity index (χ3n) is 3.46. The molecule has 78 valence electrons. The Morgan fingerprint density at radius 1 is 1.36 bits per heavy atom. The van der Waals surface area contributed by atoms with Crippen LogP contribution in [0.2, 0.25) is 0 Å². The molecule has 0 bridgehead atoms. The van der Waals surface area contributed by atoms with Gasteiger partial charge in [0.2, 0.25) is 0 Å². The molecule has 1 aliphatic carbocycles. The number of halogens is 1. The number of rotatable bonds is 3. The van der Waals surface area contributed by atoms with E-state index in [4.69, 9.17) is 16.9 Å². The molecular weight excluding hydrogens is 194 g/mol. The van der Waals surface area contributed by atoms with Crippen molar-refractivity contribution in [2.75, 3.05) is 0 Å². The van der Waals surface area contributed by atoms with E-state index >= 15 is 0 Å². The minimum absolute atomic E-state index is 0.141. The summed E-state index contributed by atoms with van der Waals surface area (Å²) in [5.74, 6) is 0. The van der Waals surface area contributed by atoms with E-state index in [2.05, 4.69) is 13.0 Å². The second-order valence-corrected chi connectivity index (χ2v) is 4.48. The first kappa shape index (κ1) is 11.6. The second kappa shape index (κ2) is 4.84. The highest BCUT2D eigenvalue weighted by atomic mass is 35.5. The second-order valence-electron chi connectivity index (χ2n) is 4.10. The van der Waals surface area contributed by atoms with Gasteiger partial charge in [-0.2, -0.15) is 5.26 Å². The fourth-order valence-corrected chi connectivity index (χ4v) is 2.88. The van der Waals surface area contributed by atoms with Crippen molar-refractivity contribution in [2.45, 2.75) is 52.4 Å². The van der Waals surface area contributed by atoms with Gasteiger partial charge in [0.05, 0.1) is 6.07 Å². The van der Waals surface area contributed by atoms with Crippen LogP contribution in [0.4, 0.5) is 0 Å². The molecule has 0 radical (unpaired) electrons. The highest BCUT2D eigenvalue weighted by Crippen LogP contribution is 2.49. The molecule has 0 unspecified atom stereocenters. The Balaban J connectivity index is 3.00. The number of hydrogen-bond acceptors (Lipinski definition) is 1. The van der Waals surface area contributed by atoms with E-state index < -0.39 is 0 Å². The zero-order chi connectivity index (χ0) is 10.6. The normalized spacial score (nSPS) is 21.6. The number of allylic oxidation sites excluding steroid dienone is 2. The summed E-state index contributed by atoms with van der Waals surface area (Å²) >= 11 is 6.37. The quantitative estimate of drug-likeness (QED) is 0.636. The maximum absolute atomic E-state index is 8.97. The van der Waals surface area contributed by atoms with Gasteiger partial charge in [-0.3, -0.25) is 0 Å². The number of hydrogen-bond donors (Lipinski definition) is 0. The van der Waals surface area contributed by atoms with Gasteiger partial charge < -0.3 is 0 Å². The first-order valence-electron chi connectivity index (χ1n) is 5.49. The summed E-state index contributed by atoms with van der Waals surface area (Å²) in [5.41, 5.74) is 0.929. The van der Waals surface area contributed by atoms with Gasteiger partial charge in [0, 0.05) is 16.0 Å². The maximum atomic E-state index is 8.97. The van der Waals surface area contributed by atoms with Crippen LogP contribution in [-0.4, -0.2) is 0 Å². The van der Waals surface area contributed by atoms with Crippen molar-refractivity contribution in [2.24, 2.45) is 5.41 Å². The van der Waals surface area contributed by atoms with Crippen molar-refractivity contribution in [3.8, 4) is 6.07 Å². The molecule has 0 aromatic heterocycles. The predicted octanol–water partition coefficient (Wildman–Crippen LogP) is 4.38. The topological polar surface area (TPSA) is 23.8 Å². The van der Waals surface area contributed by atoms with Crippen molar-refractivity contribution < 1.29 is 0 Å². The van der Waals surface area contributed by atoms with Gasteiger partial charge >= 0.3 is 0 Å². The highest BCUT2D eigenvalue weighted by Gasteiger charge is 2.36. The number of nitriles is 1. The molecule has 0 heterocycles. The van der Waals surface area contributed by atoms with E-state index in [1.54, 1.807) is 0 Å². The van der Waals surface area contributed by atoms with E-state index in [9.17, 15) is 0 Å². The highest BCUT2D eigenvalue weighted by molar-refractivity contribution is 6.31. The van der Waals surface area contributed by atoms with Crippen LogP contribution in [-0.2, 0) is 0 Å². The van der Waals surface area contributed by atoms with E-state index in [0.29, 0.717) is 0 Å². The van der Waals surface area contributed by atoms with E-state index in [-0.39, 0.29) is 5.41 Å². The minimum atomic E-state index is 0.141. The van der Waals surface area contributed by atoms with E-state index in [1.165, 1.54) is 12.8 Å². The summed E-state index contributed by atoms with van der Waals surface area (Å²) < 4.78 is 0. The van der Waals surface area contributed by atoms with Crippen LogP contribution in [0, 0.1) is 16.7 Å². The van der Waals surface area contributed by atoms with Crippen molar-refractivity contribution in [1.29, 1.82) is 5.26 Å². The van der Waals surface area contributed by atoms with Gasteiger partial charge in [0.25, 0.3) is 0 Å². The van der Waals surface area contributed by atoms with Crippen LogP contribution in [0.1, 0.15) is 52.4 Å². The smallest absolute Gasteiger partial charge is 0.0959 e. The summed E-state index contributed by atoms with van der Waals surface area (Å²) in [6, 6.07) is 2.24. The summed E-state index contributed by atoms with van der Waals surface area (Å²) in [5, 5.41) is 9.82. The monoisotopic (exact) mass is 211 g/mol. The van der Waals surface area contributed by atoms with Crippen LogP contribution in [0.25, 0.3) is 0 Å². The molecule has 1 saturated carbocycles. The van der Waals surface area contributed by atoms with Crippen LogP contribution in [0.5, 0.6) is 0 Å². The lowest BCUT2D eigenvalue weighted by Gasteiger charge is -2.27. The fourth-order valence-electron chi connectivity index (χ4n) is 2.38. The molecule has 1 nitrogen and oxygen atoms in total. The molecule has 0 saturated heterocycles. The molecule has 0 aromatic carbocycles. The van der Waals surface area contributed by atoms with Crippen LogP contribution < -0.4 is 0 Å². The Kier molecular flexibility index (Phi) is 4.01. The summed E-state index contributed by atoms with van der Waals surface area (Å²) in [6.07, 6.45) is 6.66. The lowest BCUT2D eigenvalue weighted by molar-refractivity contribution is 0.369. The lowest BCUT2D eigenvalue weighted by Crippen LogP contribution is -2.16. The van der Waals surface area contributed by atoms with Crippen molar-refractivity contribution in [3.63, 3.8) is 0 Å². The Labute approximate surface area is 91.8 Å². The van der Waals surface area contributed by atoms with Gasteiger partial charge in [0.1, 0.15) is 0 Å². The Hall–Kier alpha value is -0.480. The molecule has 0 aromatic rings. The third kappa shape index (κ3) is 1.96. The molecule has 14 heavy (non-hydrogen) atoms. The van der Waals surface area contributed by atoms with Crippen LogP contribution >= 0.6 is 11.6 Å². The molecule has 2 heteroatoms. The largest absolute Gasteiger partial charge is 0.193 e. The van der Waals surface area contributed by atoms with Crippen molar-refractivity contribution in [3.05, 3.63) is 10.6 Å². The molecular formula is C12H18ClN. The average molecular weight is 212 g/mol. The summed E-state index contributed by atoms with van der Waals surface area (Å²) in [6.45, 7) is 4.18. The predicted molar refractivity (Wildman–Crippen MR) is 60.0 cm³/mol. The molecule has 1 aliphatic rings. The average Bonchev–Trinajstić information content (AvgIpc) is 2.69. The maximum Gasteiger partial charge on any atom is 0.0959 e. The number of nitrogens with zero attached hydrogens (tertiary/aromatic N) is 1. The molecule has 1 rings (SSSR count). The summed E-state index contributed by atoms with van der Waals surface area (Å²) in [7, 11) is 0. The zero-order valence-electron chi connectivity index (χ0n) is 9.07. The molecule has 0 atom stereocenters. The van der Waals surface area contributed by atoms with E-state index in [0.717, 1.165) is 36.3 Å². The molecule has 0 N–H and O–H groups in total. The van der Waals surface area contributed by atoms with E-state index in [1.807, 2.05) is 6.92 Å². The fraction of sp³-hybridized carbons (Fsp3) is 0.750.